The van der Waals surface area contributed by atoms with Crippen molar-refractivity contribution in [1.29, 1.82) is 0 Å². The molecule has 1 atom stereocenters. The van der Waals surface area contributed by atoms with Gasteiger partial charge >= 0.3 is 0 Å². The second kappa shape index (κ2) is 8.91. The van der Waals surface area contributed by atoms with E-state index in [0.29, 0.717) is 41.6 Å². The number of ether oxygens (including phenoxy) is 3. The van der Waals surface area contributed by atoms with E-state index in [4.69, 9.17) is 14.2 Å². The smallest absolute Gasteiger partial charge is 0.254 e. The van der Waals surface area contributed by atoms with Crippen LogP contribution < -0.4 is 14.2 Å². The molecule has 0 bridgehead atoms. The molecule has 1 saturated heterocycles. The SMILES string of the molecule is COc1cc(C(=O)N2CCCC(c3ncccc3S(C)(=O)=O)C2)cc(OC)c1OC. The predicted molar refractivity (Wildman–Crippen MR) is 111 cm³/mol. The molecule has 2 aromatic rings. The second-order valence-corrected chi connectivity index (χ2v) is 9.15. The minimum absolute atomic E-state index is 0.157. The van der Waals surface area contributed by atoms with E-state index >= 15 is 0 Å². The van der Waals surface area contributed by atoms with Gasteiger partial charge in [-0.15, -0.1) is 0 Å². The van der Waals surface area contributed by atoms with Gasteiger partial charge in [0.25, 0.3) is 5.91 Å². The van der Waals surface area contributed by atoms with Crippen LogP contribution in [0.1, 0.15) is 34.8 Å². The lowest BCUT2D eigenvalue weighted by Gasteiger charge is -2.33. The lowest BCUT2D eigenvalue weighted by atomic mass is 9.93. The second-order valence-electron chi connectivity index (χ2n) is 7.16. The Bertz CT molecular complexity index is 1010. The molecular formula is C21H26N2O6S. The summed E-state index contributed by atoms with van der Waals surface area (Å²) in [5.41, 5.74) is 0.928. The lowest BCUT2D eigenvalue weighted by Crippen LogP contribution is -2.39. The fourth-order valence-electron chi connectivity index (χ4n) is 3.79. The number of sulfone groups is 1. The maximum absolute atomic E-state index is 13.2. The Balaban J connectivity index is 1.91. The number of likely N-dealkylation sites (tertiary alicyclic amines) is 1. The molecule has 9 heteroatoms. The molecule has 162 valence electrons. The number of benzene rings is 1. The number of hydrogen-bond acceptors (Lipinski definition) is 7. The first-order chi connectivity index (χ1) is 14.3. The molecule has 1 aliphatic heterocycles. The Morgan fingerprint density at radius 3 is 2.37 bits per heavy atom. The molecule has 0 aliphatic carbocycles. The number of aromatic nitrogens is 1. The van der Waals surface area contributed by atoms with Crippen molar-refractivity contribution in [2.45, 2.75) is 23.7 Å². The van der Waals surface area contributed by atoms with Crippen molar-refractivity contribution in [3.8, 4) is 17.2 Å². The molecular weight excluding hydrogens is 408 g/mol. The van der Waals surface area contributed by atoms with Crippen molar-refractivity contribution >= 4 is 15.7 Å². The molecule has 1 aromatic heterocycles. The summed E-state index contributed by atoms with van der Waals surface area (Å²) in [5, 5.41) is 0. The van der Waals surface area contributed by atoms with Gasteiger partial charge < -0.3 is 19.1 Å². The van der Waals surface area contributed by atoms with E-state index in [2.05, 4.69) is 4.98 Å². The molecule has 8 nitrogen and oxygen atoms in total. The average molecular weight is 435 g/mol. The molecule has 1 unspecified atom stereocenters. The zero-order valence-corrected chi connectivity index (χ0v) is 18.4. The monoisotopic (exact) mass is 434 g/mol. The topological polar surface area (TPSA) is 95.0 Å². The molecule has 0 radical (unpaired) electrons. The van der Waals surface area contributed by atoms with Gasteiger partial charge in [-0.1, -0.05) is 0 Å². The Morgan fingerprint density at radius 2 is 1.80 bits per heavy atom. The van der Waals surface area contributed by atoms with Crippen LogP contribution >= 0.6 is 0 Å². The number of carbonyl (C=O) groups excluding carboxylic acids is 1. The molecule has 2 heterocycles. The Morgan fingerprint density at radius 1 is 1.13 bits per heavy atom. The van der Waals surface area contributed by atoms with Gasteiger partial charge in [-0.25, -0.2) is 8.42 Å². The summed E-state index contributed by atoms with van der Waals surface area (Å²) in [7, 11) is 1.08. The Hall–Kier alpha value is -2.81. The number of piperidine rings is 1. The van der Waals surface area contributed by atoms with E-state index in [1.165, 1.54) is 27.6 Å². The number of hydrogen-bond donors (Lipinski definition) is 0. The van der Waals surface area contributed by atoms with Crippen LogP contribution in [0.4, 0.5) is 0 Å². The highest BCUT2D eigenvalue weighted by atomic mass is 32.2. The summed E-state index contributed by atoms with van der Waals surface area (Å²) >= 11 is 0. The van der Waals surface area contributed by atoms with E-state index in [9.17, 15) is 13.2 Å². The third kappa shape index (κ3) is 4.35. The number of amides is 1. The molecule has 1 aromatic carbocycles. The minimum atomic E-state index is -3.41. The van der Waals surface area contributed by atoms with Gasteiger partial charge in [-0.3, -0.25) is 9.78 Å². The highest BCUT2D eigenvalue weighted by molar-refractivity contribution is 7.90. The van der Waals surface area contributed by atoms with Crippen LogP contribution in [0.2, 0.25) is 0 Å². The third-order valence-corrected chi connectivity index (χ3v) is 6.35. The molecule has 0 saturated carbocycles. The zero-order chi connectivity index (χ0) is 21.9. The van der Waals surface area contributed by atoms with Gasteiger partial charge in [0.1, 0.15) is 0 Å². The van der Waals surface area contributed by atoms with Crippen molar-refractivity contribution in [3.05, 3.63) is 41.7 Å². The van der Waals surface area contributed by atoms with Crippen molar-refractivity contribution in [1.82, 2.24) is 9.88 Å². The van der Waals surface area contributed by atoms with Crippen molar-refractivity contribution in [2.75, 3.05) is 40.7 Å². The first kappa shape index (κ1) is 21.9. The van der Waals surface area contributed by atoms with Crippen LogP contribution in [0.3, 0.4) is 0 Å². The number of rotatable bonds is 6. The summed E-state index contributed by atoms with van der Waals surface area (Å²) in [4.78, 5) is 19.5. The maximum Gasteiger partial charge on any atom is 0.254 e. The van der Waals surface area contributed by atoms with Crippen LogP contribution in [0.5, 0.6) is 17.2 Å². The Labute approximate surface area is 176 Å². The van der Waals surface area contributed by atoms with Gasteiger partial charge in [0, 0.05) is 37.0 Å². The summed E-state index contributed by atoms with van der Waals surface area (Å²) in [6, 6.07) is 6.42. The van der Waals surface area contributed by atoms with E-state index in [-0.39, 0.29) is 16.7 Å². The molecule has 0 N–H and O–H groups in total. The summed E-state index contributed by atoms with van der Waals surface area (Å²) in [5.74, 6) is 0.876. The standard InChI is InChI=1S/C21H26N2O6S/c1-27-16-11-15(12-17(28-2)20(16)29-3)21(24)23-10-6-7-14(13-23)19-18(30(4,25)26)8-5-9-22-19/h5,8-9,11-12,14H,6-7,10,13H2,1-4H3. The van der Waals surface area contributed by atoms with Crippen LogP contribution in [0, 0.1) is 0 Å². The van der Waals surface area contributed by atoms with Crippen LogP contribution in [-0.2, 0) is 9.84 Å². The quantitative estimate of drug-likeness (QED) is 0.689. The van der Waals surface area contributed by atoms with Gasteiger partial charge in [0.15, 0.2) is 21.3 Å². The lowest BCUT2D eigenvalue weighted by molar-refractivity contribution is 0.0704. The largest absolute Gasteiger partial charge is 0.493 e. The predicted octanol–water partition coefficient (Wildman–Crippen LogP) is 2.53. The van der Waals surface area contributed by atoms with E-state index in [1.807, 2.05) is 0 Å². The van der Waals surface area contributed by atoms with Gasteiger partial charge in [-0.2, -0.15) is 0 Å². The summed E-state index contributed by atoms with van der Waals surface area (Å²) in [6.45, 7) is 0.960. The molecule has 1 amide bonds. The maximum atomic E-state index is 13.2. The third-order valence-electron chi connectivity index (χ3n) is 5.21. The first-order valence-electron chi connectivity index (χ1n) is 9.54. The van der Waals surface area contributed by atoms with Crippen molar-refractivity contribution < 1.29 is 27.4 Å². The highest BCUT2D eigenvalue weighted by Gasteiger charge is 2.30. The van der Waals surface area contributed by atoms with Crippen LogP contribution in [0.25, 0.3) is 0 Å². The molecule has 0 spiro atoms. The minimum Gasteiger partial charge on any atom is -0.493 e. The molecule has 3 rings (SSSR count). The zero-order valence-electron chi connectivity index (χ0n) is 17.5. The van der Waals surface area contributed by atoms with Gasteiger partial charge in [0.05, 0.1) is 31.9 Å². The van der Waals surface area contributed by atoms with E-state index < -0.39 is 9.84 Å². The van der Waals surface area contributed by atoms with Crippen molar-refractivity contribution in [3.63, 3.8) is 0 Å². The molecule has 1 fully saturated rings. The Kier molecular flexibility index (Phi) is 6.50. The number of nitrogens with zero attached hydrogens (tertiary/aromatic N) is 2. The van der Waals surface area contributed by atoms with Gasteiger partial charge in [0.2, 0.25) is 5.75 Å². The van der Waals surface area contributed by atoms with Crippen molar-refractivity contribution in [2.24, 2.45) is 0 Å². The first-order valence-corrected chi connectivity index (χ1v) is 11.4. The summed E-state index contributed by atoms with van der Waals surface area (Å²) in [6.07, 6.45) is 4.28. The highest BCUT2D eigenvalue weighted by Crippen LogP contribution is 2.39. The average Bonchev–Trinajstić information content (AvgIpc) is 2.77. The number of carbonyl (C=O) groups is 1. The summed E-state index contributed by atoms with van der Waals surface area (Å²) < 4.78 is 40.4. The van der Waals surface area contributed by atoms with E-state index in [0.717, 1.165) is 12.8 Å². The van der Waals surface area contributed by atoms with Crippen LogP contribution in [-0.4, -0.2) is 64.9 Å². The molecule has 1 aliphatic rings. The van der Waals surface area contributed by atoms with Gasteiger partial charge in [-0.05, 0) is 37.1 Å². The fourth-order valence-corrected chi connectivity index (χ4v) is 4.72. The number of pyridine rings is 1. The number of methoxy groups -OCH3 is 3. The van der Waals surface area contributed by atoms with Crippen LogP contribution in [0.15, 0.2) is 35.4 Å². The molecule has 30 heavy (non-hydrogen) atoms. The van der Waals surface area contributed by atoms with E-state index in [1.54, 1.807) is 35.4 Å². The normalized spacial score (nSPS) is 16.8. The fraction of sp³-hybridized carbons (Fsp3) is 0.429.